The predicted molar refractivity (Wildman–Crippen MR) is 96.8 cm³/mol. The Labute approximate surface area is 143 Å². The molecule has 6 heteroatoms. The van der Waals surface area contributed by atoms with Crippen LogP contribution in [0, 0.1) is 0 Å². The topological polar surface area (TPSA) is 60.5 Å². The zero-order valence-electron chi connectivity index (χ0n) is 13.3. The van der Waals surface area contributed by atoms with Gasteiger partial charge >= 0.3 is 0 Å². The van der Waals surface area contributed by atoms with E-state index in [1.165, 1.54) is 17.4 Å². The molecule has 2 aromatic carbocycles. The highest BCUT2D eigenvalue weighted by Crippen LogP contribution is 2.29. The van der Waals surface area contributed by atoms with Crippen LogP contribution in [0.5, 0.6) is 11.5 Å². The maximum atomic E-state index is 12.0. The molecule has 0 aliphatic carbocycles. The van der Waals surface area contributed by atoms with Gasteiger partial charge in [0.15, 0.2) is 5.13 Å². The summed E-state index contributed by atoms with van der Waals surface area (Å²) in [7, 11) is 3.24. The fraction of sp³-hybridized carbons (Fsp3) is 0.111. The van der Waals surface area contributed by atoms with Gasteiger partial charge in [0.05, 0.1) is 24.4 Å². The van der Waals surface area contributed by atoms with Gasteiger partial charge in [0.2, 0.25) is 5.91 Å². The van der Waals surface area contributed by atoms with Crippen LogP contribution in [0.2, 0.25) is 0 Å². The molecule has 24 heavy (non-hydrogen) atoms. The zero-order chi connectivity index (χ0) is 16.9. The first kappa shape index (κ1) is 16.0. The van der Waals surface area contributed by atoms with Crippen molar-refractivity contribution in [1.29, 1.82) is 0 Å². The van der Waals surface area contributed by atoms with E-state index in [1.807, 2.05) is 42.5 Å². The van der Waals surface area contributed by atoms with Gasteiger partial charge in [-0.25, -0.2) is 4.98 Å². The molecule has 1 amide bonds. The van der Waals surface area contributed by atoms with Crippen LogP contribution in [0.3, 0.4) is 0 Å². The zero-order valence-corrected chi connectivity index (χ0v) is 14.1. The normalized spacial score (nSPS) is 10.9. The van der Waals surface area contributed by atoms with E-state index >= 15 is 0 Å². The number of rotatable bonds is 5. The molecule has 5 nitrogen and oxygen atoms in total. The monoisotopic (exact) mass is 340 g/mol. The van der Waals surface area contributed by atoms with Crippen LogP contribution >= 0.6 is 11.3 Å². The minimum atomic E-state index is -0.225. The molecular weight excluding hydrogens is 324 g/mol. The number of carbonyl (C=O) groups excluding carboxylic acids is 1. The molecule has 0 bridgehead atoms. The van der Waals surface area contributed by atoms with E-state index in [9.17, 15) is 4.79 Å². The maximum absolute atomic E-state index is 12.0. The molecule has 1 heterocycles. The number of fused-ring (bicyclic) bond motifs is 1. The number of methoxy groups -OCH3 is 2. The highest BCUT2D eigenvalue weighted by atomic mass is 32.1. The Balaban J connectivity index is 1.68. The average molecular weight is 340 g/mol. The first-order valence-corrected chi connectivity index (χ1v) is 8.07. The molecule has 0 saturated carbocycles. The summed E-state index contributed by atoms with van der Waals surface area (Å²) in [4.78, 5) is 16.4. The number of nitrogens with zero attached hydrogens (tertiary/aromatic N) is 1. The number of nitrogens with one attached hydrogen (secondary N) is 1. The molecule has 122 valence electrons. The van der Waals surface area contributed by atoms with Gasteiger partial charge in [0.1, 0.15) is 11.5 Å². The lowest BCUT2D eigenvalue weighted by Crippen LogP contribution is -2.07. The number of hydrogen-bond donors (Lipinski definition) is 1. The number of benzene rings is 2. The van der Waals surface area contributed by atoms with Crippen LogP contribution in [0.15, 0.2) is 48.5 Å². The van der Waals surface area contributed by atoms with Crippen molar-refractivity contribution in [2.24, 2.45) is 0 Å². The van der Waals surface area contributed by atoms with Gasteiger partial charge in [0.25, 0.3) is 0 Å². The number of ether oxygens (including phenoxy) is 2. The average Bonchev–Trinajstić information content (AvgIpc) is 3.01. The first-order chi connectivity index (χ1) is 11.7. The molecule has 3 aromatic rings. The molecular formula is C18H16N2O3S. The third-order valence-electron chi connectivity index (χ3n) is 3.37. The summed E-state index contributed by atoms with van der Waals surface area (Å²) in [6, 6.07) is 13.1. The van der Waals surface area contributed by atoms with Crippen LogP contribution in [0.1, 0.15) is 5.56 Å². The van der Waals surface area contributed by atoms with Crippen LogP contribution < -0.4 is 14.8 Å². The van der Waals surface area contributed by atoms with Crippen LogP contribution in [-0.4, -0.2) is 25.1 Å². The number of hydrogen-bond acceptors (Lipinski definition) is 5. The molecule has 0 aliphatic heterocycles. The Kier molecular flexibility index (Phi) is 4.77. The summed E-state index contributed by atoms with van der Waals surface area (Å²) in [5, 5.41) is 3.34. The number of carbonyl (C=O) groups is 1. The number of thiazole rings is 1. The number of aromatic nitrogens is 1. The summed E-state index contributed by atoms with van der Waals surface area (Å²) >= 11 is 1.41. The molecule has 0 spiro atoms. The van der Waals surface area contributed by atoms with E-state index < -0.39 is 0 Å². The quantitative estimate of drug-likeness (QED) is 0.714. The van der Waals surface area contributed by atoms with Gasteiger partial charge < -0.3 is 9.47 Å². The second kappa shape index (κ2) is 7.14. The van der Waals surface area contributed by atoms with Crippen molar-refractivity contribution in [3.05, 3.63) is 54.1 Å². The van der Waals surface area contributed by atoms with Crippen molar-refractivity contribution >= 4 is 38.7 Å². The third kappa shape index (κ3) is 3.72. The van der Waals surface area contributed by atoms with Crippen molar-refractivity contribution in [2.45, 2.75) is 0 Å². The lowest BCUT2D eigenvalue weighted by molar-refractivity contribution is -0.111. The molecule has 1 N–H and O–H groups in total. The van der Waals surface area contributed by atoms with Gasteiger partial charge in [-0.1, -0.05) is 23.5 Å². The van der Waals surface area contributed by atoms with Crippen LogP contribution in [0.4, 0.5) is 5.13 Å². The molecule has 1 aromatic heterocycles. The molecule has 0 fully saturated rings. The number of amides is 1. The SMILES string of the molecule is COc1ccc(C=CC(=O)Nc2nc3ccc(OC)cc3s2)cc1. The molecule has 0 radical (unpaired) electrons. The second-order valence-corrected chi connectivity index (χ2v) is 5.98. The fourth-order valence-electron chi connectivity index (χ4n) is 2.12. The predicted octanol–water partition coefficient (Wildman–Crippen LogP) is 3.97. The van der Waals surface area contributed by atoms with E-state index in [0.29, 0.717) is 5.13 Å². The van der Waals surface area contributed by atoms with Crippen molar-refractivity contribution < 1.29 is 14.3 Å². The third-order valence-corrected chi connectivity index (χ3v) is 4.30. The van der Waals surface area contributed by atoms with Crippen LogP contribution in [0.25, 0.3) is 16.3 Å². The van der Waals surface area contributed by atoms with Crippen molar-refractivity contribution in [2.75, 3.05) is 19.5 Å². The largest absolute Gasteiger partial charge is 0.497 e. The van der Waals surface area contributed by atoms with Gasteiger partial charge in [-0.3, -0.25) is 10.1 Å². The Bertz CT molecular complexity index is 885. The van der Waals surface area contributed by atoms with Crippen molar-refractivity contribution in [3.63, 3.8) is 0 Å². The Morgan fingerprint density at radius 3 is 2.50 bits per heavy atom. The maximum Gasteiger partial charge on any atom is 0.250 e. The fourth-order valence-corrected chi connectivity index (χ4v) is 3.02. The van der Waals surface area contributed by atoms with Crippen LogP contribution in [-0.2, 0) is 4.79 Å². The van der Waals surface area contributed by atoms with E-state index in [4.69, 9.17) is 9.47 Å². The Morgan fingerprint density at radius 1 is 1.08 bits per heavy atom. The summed E-state index contributed by atoms with van der Waals surface area (Å²) < 4.78 is 11.2. The first-order valence-electron chi connectivity index (χ1n) is 7.25. The van der Waals surface area contributed by atoms with E-state index in [2.05, 4.69) is 10.3 Å². The van der Waals surface area contributed by atoms with E-state index in [0.717, 1.165) is 27.3 Å². The van der Waals surface area contributed by atoms with E-state index in [1.54, 1.807) is 20.3 Å². The Hall–Kier alpha value is -2.86. The summed E-state index contributed by atoms with van der Waals surface area (Å²) in [6.45, 7) is 0. The van der Waals surface area contributed by atoms with Gasteiger partial charge in [-0.2, -0.15) is 0 Å². The molecule has 3 rings (SSSR count). The minimum Gasteiger partial charge on any atom is -0.497 e. The van der Waals surface area contributed by atoms with Gasteiger partial charge in [-0.05, 0) is 42.0 Å². The highest BCUT2D eigenvalue weighted by Gasteiger charge is 2.07. The molecule has 0 unspecified atom stereocenters. The summed E-state index contributed by atoms with van der Waals surface area (Å²) in [5.74, 6) is 1.32. The summed E-state index contributed by atoms with van der Waals surface area (Å²) in [6.07, 6.45) is 3.22. The lowest BCUT2D eigenvalue weighted by atomic mass is 10.2. The highest BCUT2D eigenvalue weighted by molar-refractivity contribution is 7.22. The smallest absolute Gasteiger partial charge is 0.250 e. The molecule has 0 aliphatic rings. The van der Waals surface area contributed by atoms with Gasteiger partial charge in [0, 0.05) is 6.08 Å². The van der Waals surface area contributed by atoms with E-state index in [-0.39, 0.29) is 5.91 Å². The summed E-state index contributed by atoms with van der Waals surface area (Å²) in [5.41, 5.74) is 1.75. The van der Waals surface area contributed by atoms with Crippen molar-refractivity contribution in [1.82, 2.24) is 4.98 Å². The second-order valence-electron chi connectivity index (χ2n) is 4.95. The molecule has 0 saturated heterocycles. The Morgan fingerprint density at radius 2 is 1.79 bits per heavy atom. The molecule has 0 atom stereocenters. The standard InChI is InChI=1S/C18H16N2O3S/c1-22-13-6-3-12(4-7-13)5-10-17(21)20-18-19-15-9-8-14(23-2)11-16(15)24-18/h3-11H,1-2H3,(H,19,20,21). The number of anilines is 1. The van der Waals surface area contributed by atoms with Crippen molar-refractivity contribution in [3.8, 4) is 11.5 Å². The van der Waals surface area contributed by atoms with Gasteiger partial charge in [-0.15, -0.1) is 0 Å². The lowest BCUT2D eigenvalue weighted by Gasteiger charge is -1.99. The minimum absolute atomic E-state index is 0.225.